The van der Waals surface area contributed by atoms with Gasteiger partial charge >= 0.3 is 0 Å². The molecule has 1 N–H and O–H groups in total. The highest BCUT2D eigenvalue weighted by Crippen LogP contribution is 2.14. The fourth-order valence-corrected chi connectivity index (χ4v) is 4.41. The summed E-state index contributed by atoms with van der Waals surface area (Å²) >= 11 is 0. The number of hydrogen-bond acceptors (Lipinski definition) is 4. The average Bonchev–Trinajstić information content (AvgIpc) is 2.44. The Balaban J connectivity index is 2.81. The summed E-state index contributed by atoms with van der Waals surface area (Å²) in [4.78, 5) is -0.0501. The second-order valence-corrected chi connectivity index (χ2v) is 9.14. The SMILES string of the molecule is CCC(C)N(CCNS(=O)(=O)c1ccc(F)c(C)c1)S(C)(=O)=O. The number of nitrogens with one attached hydrogen (secondary N) is 1. The van der Waals surface area contributed by atoms with Gasteiger partial charge in [-0.1, -0.05) is 6.92 Å². The molecule has 0 aromatic heterocycles. The van der Waals surface area contributed by atoms with Crippen molar-refractivity contribution >= 4 is 20.0 Å². The van der Waals surface area contributed by atoms with Gasteiger partial charge in [-0.15, -0.1) is 0 Å². The maximum Gasteiger partial charge on any atom is 0.240 e. The molecule has 23 heavy (non-hydrogen) atoms. The van der Waals surface area contributed by atoms with E-state index in [4.69, 9.17) is 0 Å². The summed E-state index contributed by atoms with van der Waals surface area (Å²) in [6, 6.07) is 3.28. The van der Waals surface area contributed by atoms with Crippen LogP contribution in [0.25, 0.3) is 0 Å². The van der Waals surface area contributed by atoms with Gasteiger partial charge in [0.1, 0.15) is 5.82 Å². The van der Waals surface area contributed by atoms with E-state index in [0.29, 0.717) is 6.42 Å². The van der Waals surface area contributed by atoms with Crippen LogP contribution in [-0.2, 0) is 20.0 Å². The molecule has 9 heteroatoms. The largest absolute Gasteiger partial charge is 0.240 e. The molecule has 0 bridgehead atoms. The zero-order valence-electron chi connectivity index (χ0n) is 13.7. The fraction of sp³-hybridized carbons (Fsp3) is 0.571. The molecule has 1 rings (SSSR count). The normalized spacial score (nSPS) is 14.2. The highest BCUT2D eigenvalue weighted by Gasteiger charge is 2.23. The van der Waals surface area contributed by atoms with Crippen LogP contribution >= 0.6 is 0 Å². The van der Waals surface area contributed by atoms with Gasteiger partial charge in [-0.05, 0) is 44.0 Å². The first-order valence-electron chi connectivity index (χ1n) is 7.21. The molecule has 0 saturated carbocycles. The predicted octanol–water partition coefficient (Wildman–Crippen LogP) is 1.47. The number of halogens is 1. The van der Waals surface area contributed by atoms with Crippen molar-refractivity contribution in [1.82, 2.24) is 9.03 Å². The minimum atomic E-state index is -3.81. The molecule has 6 nitrogen and oxygen atoms in total. The van der Waals surface area contributed by atoms with E-state index >= 15 is 0 Å². The quantitative estimate of drug-likeness (QED) is 0.755. The zero-order valence-corrected chi connectivity index (χ0v) is 15.3. The van der Waals surface area contributed by atoms with Gasteiger partial charge in [0.15, 0.2) is 0 Å². The predicted molar refractivity (Wildman–Crippen MR) is 87.6 cm³/mol. The minimum absolute atomic E-state index is 0.0350. The van der Waals surface area contributed by atoms with Crippen molar-refractivity contribution in [2.24, 2.45) is 0 Å². The van der Waals surface area contributed by atoms with Crippen LogP contribution in [0.4, 0.5) is 4.39 Å². The zero-order chi connectivity index (χ0) is 17.8. The molecule has 0 saturated heterocycles. The second kappa shape index (κ2) is 7.69. The van der Waals surface area contributed by atoms with Gasteiger partial charge < -0.3 is 0 Å². The molecule has 0 aliphatic heterocycles. The third-order valence-electron chi connectivity index (χ3n) is 3.57. The van der Waals surface area contributed by atoms with Crippen molar-refractivity contribution in [2.45, 2.75) is 38.1 Å². The van der Waals surface area contributed by atoms with E-state index in [1.165, 1.54) is 23.4 Å². The Morgan fingerprint density at radius 3 is 2.35 bits per heavy atom. The summed E-state index contributed by atoms with van der Waals surface area (Å²) in [7, 11) is -7.23. The first-order chi connectivity index (χ1) is 10.5. The van der Waals surface area contributed by atoms with Crippen LogP contribution in [0.15, 0.2) is 23.1 Å². The molecule has 1 aromatic carbocycles. The van der Waals surface area contributed by atoms with Gasteiger partial charge in [0.2, 0.25) is 20.0 Å². The molecule has 0 radical (unpaired) electrons. The number of benzene rings is 1. The van der Waals surface area contributed by atoms with E-state index in [0.717, 1.165) is 12.3 Å². The lowest BCUT2D eigenvalue weighted by Crippen LogP contribution is -2.42. The first kappa shape index (κ1) is 20.0. The molecular weight excluding hydrogens is 343 g/mol. The molecule has 0 spiro atoms. The summed E-state index contributed by atoms with van der Waals surface area (Å²) in [5, 5.41) is 0. The number of hydrogen-bond donors (Lipinski definition) is 1. The van der Waals surface area contributed by atoms with Crippen LogP contribution in [0, 0.1) is 12.7 Å². The maximum atomic E-state index is 13.2. The van der Waals surface area contributed by atoms with E-state index in [1.807, 2.05) is 6.92 Å². The molecule has 1 unspecified atom stereocenters. The van der Waals surface area contributed by atoms with Gasteiger partial charge in [0.25, 0.3) is 0 Å². The Kier molecular flexibility index (Phi) is 6.70. The van der Waals surface area contributed by atoms with E-state index in [-0.39, 0.29) is 29.6 Å². The van der Waals surface area contributed by atoms with Crippen molar-refractivity contribution in [2.75, 3.05) is 19.3 Å². The molecule has 0 aliphatic carbocycles. The molecule has 132 valence electrons. The summed E-state index contributed by atoms with van der Waals surface area (Å²) in [6.45, 7) is 5.07. The van der Waals surface area contributed by atoms with E-state index in [1.54, 1.807) is 6.92 Å². The lowest BCUT2D eigenvalue weighted by molar-refractivity contribution is 0.335. The number of sulfonamides is 2. The minimum Gasteiger partial charge on any atom is -0.212 e. The third kappa shape index (κ3) is 5.52. The average molecular weight is 366 g/mol. The topological polar surface area (TPSA) is 83.6 Å². The van der Waals surface area contributed by atoms with Crippen LogP contribution in [0.5, 0.6) is 0 Å². The molecule has 1 aromatic rings. The first-order valence-corrected chi connectivity index (χ1v) is 10.5. The lowest BCUT2D eigenvalue weighted by atomic mass is 10.2. The molecule has 0 fully saturated rings. The number of nitrogens with zero attached hydrogens (tertiary/aromatic N) is 1. The Hall–Kier alpha value is -1.03. The van der Waals surface area contributed by atoms with Crippen LogP contribution in [0.2, 0.25) is 0 Å². The fourth-order valence-electron chi connectivity index (χ4n) is 2.07. The van der Waals surface area contributed by atoms with Gasteiger partial charge in [0, 0.05) is 19.1 Å². The lowest BCUT2D eigenvalue weighted by Gasteiger charge is -2.25. The Morgan fingerprint density at radius 1 is 1.26 bits per heavy atom. The summed E-state index contributed by atoms with van der Waals surface area (Å²) in [5.41, 5.74) is 0.227. The number of rotatable bonds is 8. The molecular formula is C14H23FN2O4S2. The van der Waals surface area contributed by atoms with Gasteiger partial charge in [-0.2, -0.15) is 4.31 Å². The maximum absolute atomic E-state index is 13.2. The summed E-state index contributed by atoms with van der Waals surface area (Å²) in [5.74, 6) is -0.482. The highest BCUT2D eigenvalue weighted by molar-refractivity contribution is 7.89. The van der Waals surface area contributed by atoms with Gasteiger partial charge in [-0.3, -0.25) is 0 Å². The smallest absolute Gasteiger partial charge is 0.212 e. The second-order valence-electron chi connectivity index (χ2n) is 5.44. The van der Waals surface area contributed by atoms with Crippen LogP contribution in [-0.4, -0.2) is 46.5 Å². The Bertz CT molecular complexity index is 748. The van der Waals surface area contributed by atoms with Crippen LogP contribution < -0.4 is 4.72 Å². The third-order valence-corrected chi connectivity index (χ3v) is 6.43. The van der Waals surface area contributed by atoms with Crippen molar-refractivity contribution < 1.29 is 21.2 Å². The molecule has 0 heterocycles. The highest BCUT2D eigenvalue weighted by atomic mass is 32.2. The van der Waals surface area contributed by atoms with E-state index in [2.05, 4.69) is 4.72 Å². The van der Waals surface area contributed by atoms with Crippen molar-refractivity contribution in [1.29, 1.82) is 0 Å². The van der Waals surface area contributed by atoms with Crippen LogP contribution in [0.1, 0.15) is 25.8 Å². The molecule has 1 atom stereocenters. The monoisotopic (exact) mass is 366 g/mol. The van der Waals surface area contributed by atoms with Gasteiger partial charge in [0.05, 0.1) is 11.2 Å². The van der Waals surface area contributed by atoms with Crippen molar-refractivity contribution in [3.8, 4) is 0 Å². The van der Waals surface area contributed by atoms with E-state index in [9.17, 15) is 21.2 Å². The molecule has 0 aliphatic rings. The Labute approximate surface area is 137 Å². The van der Waals surface area contributed by atoms with Crippen molar-refractivity contribution in [3.05, 3.63) is 29.6 Å². The Morgan fingerprint density at radius 2 is 1.87 bits per heavy atom. The standard InChI is InChI=1S/C14H23FN2O4S2/c1-5-12(3)17(22(4,18)19)9-8-16-23(20,21)13-6-7-14(15)11(2)10-13/h6-7,10,12,16H,5,8-9H2,1-4H3. The van der Waals surface area contributed by atoms with E-state index < -0.39 is 25.9 Å². The van der Waals surface area contributed by atoms with Crippen LogP contribution in [0.3, 0.4) is 0 Å². The van der Waals surface area contributed by atoms with Crippen molar-refractivity contribution in [3.63, 3.8) is 0 Å². The summed E-state index contributed by atoms with van der Waals surface area (Å²) < 4.78 is 64.6. The van der Waals surface area contributed by atoms with Gasteiger partial charge in [-0.25, -0.2) is 25.9 Å². The number of aryl methyl sites for hydroxylation is 1. The summed E-state index contributed by atoms with van der Waals surface area (Å²) in [6.07, 6.45) is 1.72. The molecule has 0 amide bonds.